The monoisotopic (exact) mass is 861 g/mol. The third kappa shape index (κ3) is 10.1. The van der Waals surface area contributed by atoms with Gasteiger partial charge < -0.3 is 21.7 Å². The van der Waals surface area contributed by atoms with Gasteiger partial charge in [0.1, 0.15) is 21.2 Å². The standard InChI is InChI=1S/C34H28N6O11S3.3Na/c1-16-11-18(3-7-25(16)37-39-27-9-5-22-28(53(46,47)48)10-6-23(35)31(22)33(27)41)19-4-8-26(17(2)12-19)38-40-32-29(54(49,50)51)14-20-13-21(52(43,44)45)15-24(36)30(20)34(32)42;;;/h3-15,41-42H,35-36H2,1-2H3,(H,43,44,45)(H,46,47,48)(H,49,50,51);;;. The first-order chi connectivity index (χ1) is 25.1. The maximum Gasteiger partial charge on any atom is 0.296 e. The smallest absolute Gasteiger partial charge is 0.296 e. The third-order valence-corrected chi connectivity index (χ3v) is 11.0. The number of nitrogen functional groups attached to an aromatic ring is 2. The Morgan fingerprint density at radius 2 is 1.02 bits per heavy atom. The zero-order valence-corrected chi connectivity index (χ0v) is 39.3. The number of phenols is 2. The Morgan fingerprint density at radius 1 is 0.509 bits per heavy atom. The average Bonchev–Trinajstić information content (AvgIpc) is 3.06. The molecular formula is C34H28N6Na3O11S3. The van der Waals surface area contributed by atoms with Crippen LogP contribution in [-0.4, -0.2) is 138 Å². The first kappa shape index (κ1) is 48.3. The number of hydrogen-bond donors (Lipinski definition) is 7. The van der Waals surface area contributed by atoms with E-state index in [4.69, 9.17) is 11.5 Å². The predicted molar refractivity (Wildman–Crippen MR) is 216 cm³/mol. The molecule has 0 aliphatic heterocycles. The Labute approximate surface area is 392 Å². The van der Waals surface area contributed by atoms with Crippen LogP contribution < -0.4 is 11.5 Å². The van der Waals surface area contributed by atoms with Crippen molar-refractivity contribution in [3.63, 3.8) is 0 Å². The second-order valence-corrected chi connectivity index (χ2v) is 16.2. The van der Waals surface area contributed by atoms with Gasteiger partial charge in [-0.05, 0) is 102 Å². The van der Waals surface area contributed by atoms with Gasteiger partial charge in [-0.15, -0.1) is 10.2 Å². The first-order valence-corrected chi connectivity index (χ1v) is 19.6. The number of anilines is 2. The molecule has 0 aromatic heterocycles. The Balaban J connectivity index is 0.00000290. The van der Waals surface area contributed by atoms with Crippen molar-refractivity contribution in [2.45, 2.75) is 28.5 Å². The van der Waals surface area contributed by atoms with E-state index in [1.165, 1.54) is 18.2 Å². The van der Waals surface area contributed by atoms with E-state index in [2.05, 4.69) is 20.5 Å². The van der Waals surface area contributed by atoms with Crippen LogP contribution in [0.1, 0.15) is 11.1 Å². The molecule has 23 heteroatoms. The molecule has 0 aliphatic carbocycles. The number of azo groups is 2. The summed E-state index contributed by atoms with van der Waals surface area (Å²) in [4.78, 5) is -1.98. The zero-order valence-electron chi connectivity index (χ0n) is 30.9. The van der Waals surface area contributed by atoms with Crippen LogP contribution in [0.3, 0.4) is 0 Å². The summed E-state index contributed by atoms with van der Waals surface area (Å²) in [5, 5.41) is 37.8. The molecule has 0 unspecified atom stereocenters. The molecule has 281 valence electrons. The van der Waals surface area contributed by atoms with Crippen molar-refractivity contribution in [2.24, 2.45) is 20.5 Å². The van der Waals surface area contributed by atoms with Crippen LogP contribution in [-0.2, 0) is 30.4 Å². The van der Waals surface area contributed by atoms with Gasteiger partial charge in [0.05, 0.1) is 21.7 Å². The van der Waals surface area contributed by atoms with Gasteiger partial charge in [0.25, 0.3) is 30.4 Å². The molecule has 17 nitrogen and oxygen atoms in total. The number of phenolic OH excluding ortho intramolecular Hbond substituents is 2. The summed E-state index contributed by atoms with van der Waals surface area (Å²) in [5.74, 6) is -1.24. The molecule has 0 aliphatic rings. The molecule has 0 amide bonds. The fourth-order valence-electron chi connectivity index (χ4n) is 5.76. The van der Waals surface area contributed by atoms with E-state index in [9.17, 15) is 49.1 Å². The Hall–Kier alpha value is -3.03. The van der Waals surface area contributed by atoms with Crippen molar-refractivity contribution in [1.29, 1.82) is 0 Å². The molecular weight excluding hydrogens is 834 g/mol. The van der Waals surface area contributed by atoms with E-state index in [0.29, 0.717) is 16.8 Å². The molecule has 0 bridgehead atoms. The molecule has 0 heterocycles. The van der Waals surface area contributed by atoms with Crippen LogP contribution >= 0.6 is 0 Å². The molecule has 0 saturated carbocycles. The number of benzene rings is 6. The van der Waals surface area contributed by atoms with Crippen molar-refractivity contribution in [1.82, 2.24) is 0 Å². The van der Waals surface area contributed by atoms with E-state index in [-0.39, 0.29) is 133 Å². The van der Waals surface area contributed by atoms with Gasteiger partial charge in [0.15, 0.2) is 11.5 Å². The fraction of sp³-hybridized carbons (Fsp3) is 0.0588. The van der Waals surface area contributed by atoms with Gasteiger partial charge in [-0.3, -0.25) is 13.7 Å². The second-order valence-electron chi connectivity index (χ2n) is 12.0. The van der Waals surface area contributed by atoms with E-state index in [0.717, 1.165) is 35.4 Å². The van der Waals surface area contributed by atoms with Crippen molar-refractivity contribution in [3.8, 4) is 22.6 Å². The number of hydrogen-bond acceptors (Lipinski definition) is 14. The first-order valence-electron chi connectivity index (χ1n) is 15.3. The van der Waals surface area contributed by atoms with Crippen LogP contribution in [0.4, 0.5) is 34.1 Å². The van der Waals surface area contributed by atoms with Crippen LogP contribution in [0.2, 0.25) is 0 Å². The van der Waals surface area contributed by atoms with Gasteiger partial charge in [0, 0.05) is 111 Å². The Morgan fingerprint density at radius 3 is 1.53 bits per heavy atom. The summed E-state index contributed by atoms with van der Waals surface area (Å²) in [6, 6.07) is 18.0. The molecule has 0 fully saturated rings. The number of aryl methyl sites for hydroxylation is 2. The number of nitrogens with zero attached hydrogens (tertiary/aromatic N) is 4. The summed E-state index contributed by atoms with van der Waals surface area (Å²) in [6.07, 6.45) is 0. The summed E-state index contributed by atoms with van der Waals surface area (Å²) in [5.41, 5.74) is 14.5. The van der Waals surface area contributed by atoms with Gasteiger partial charge >= 0.3 is 0 Å². The van der Waals surface area contributed by atoms with E-state index >= 15 is 0 Å². The zero-order chi connectivity index (χ0) is 39.5. The van der Waals surface area contributed by atoms with Crippen LogP contribution in [0.15, 0.2) is 114 Å². The van der Waals surface area contributed by atoms with E-state index in [1.807, 2.05) is 6.07 Å². The number of nitrogens with two attached hydrogens (primary N) is 2. The third-order valence-electron chi connectivity index (χ3n) is 8.38. The average molecular weight is 862 g/mol. The SMILES string of the molecule is Cc1cc(-c2ccc(N=Nc3c(S(=O)(=O)O)cc4cc(S(=O)(=O)O)cc(N)c4c3O)c(C)c2)ccc1N=Nc1ccc2c(S(=O)(=O)O)ccc(N)c2c1O.[Na].[Na].[Na]. The second kappa shape index (κ2) is 18.1. The summed E-state index contributed by atoms with van der Waals surface area (Å²) in [6.45, 7) is 3.48. The minimum atomic E-state index is -5.04. The maximum atomic E-state index is 12.3. The summed E-state index contributed by atoms with van der Waals surface area (Å²) >= 11 is 0. The predicted octanol–water partition coefficient (Wildman–Crippen LogP) is 6.28. The largest absolute Gasteiger partial charge is 0.505 e. The quantitative estimate of drug-likeness (QED) is 0.0384. The van der Waals surface area contributed by atoms with Crippen molar-refractivity contribution in [3.05, 3.63) is 90.0 Å². The maximum absolute atomic E-state index is 12.3. The van der Waals surface area contributed by atoms with Crippen molar-refractivity contribution >= 4 is 175 Å². The number of fused-ring (bicyclic) bond motifs is 2. The number of rotatable bonds is 8. The molecule has 6 aromatic carbocycles. The van der Waals surface area contributed by atoms with E-state index in [1.54, 1.807) is 44.2 Å². The Kier molecular flexibility index (Phi) is 15.3. The topological polar surface area (TPSA) is 305 Å². The minimum Gasteiger partial charge on any atom is -0.505 e. The van der Waals surface area contributed by atoms with Crippen LogP contribution in [0.25, 0.3) is 32.7 Å². The molecule has 0 saturated heterocycles. The molecule has 6 aromatic rings. The van der Waals surface area contributed by atoms with Gasteiger partial charge in [-0.25, -0.2) is 0 Å². The summed E-state index contributed by atoms with van der Waals surface area (Å²) in [7, 11) is -14.4. The number of aromatic hydroxyl groups is 2. The van der Waals surface area contributed by atoms with Crippen molar-refractivity contribution in [2.75, 3.05) is 11.5 Å². The van der Waals surface area contributed by atoms with Gasteiger partial charge in [-0.2, -0.15) is 35.5 Å². The molecule has 3 radical (unpaired) electrons. The molecule has 0 atom stereocenters. The fourth-order valence-corrected chi connectivity index (χ4v) is 7.66. The van der Waals surface area contributed by atoms with E-state index < -0.39 is 62.2 Å². The molecule has 0 spiro atoms. The van der Waals surface area contributed by atoms with Gasteiger partial charge in [-0.1, -0.05) is 18.2 Å². The van der Waals surface area contributed by atoms with Gasteiger partial charge in [0.2, 0.25) is 0 Å². The normalized spacial score (nSPS) is 12.1. The molecule has 6 rings (SSSR count). The molecule has 57 heavy (non-hydrogen) atoms. The minimum absolute atomic E-state index is 0. The molecule has 9 N–H and O–H groups in total. The summed E-state index contributed by atoms with van der Waals surface area (Å²) < 4.78 is 100. The van der Waals surface area contributed by atoms with Crippen molar-refractivity contribution < 1.29 is 49.1 Å². The van der Waals surface area contributed by atoms with Crippen LogP contribution in [0.5, 0.6) is 11.5 Å². The van der Waals surface area contributed by atoms with Crippen LogP contribution in [0, 0.1) is 13.8 Å². The Bertz CT molecular complexity index is 3000.